The van der Waals surface area contributed by atoms with E-state index in [9.17, 15) is 12.8 Å². The molecule has 1 aromatic heterocycles. The Bertz CT molecular complexity index is 1490. The number of halogens is 1. The van der Waals surface area contributed by atoms with Crippen LogP contribution in [0.15, 0.2) is 70.8 Å². The Morgan fingerprint density at radius 3 is 2.45 bits per heavy atom. The van der Waals surface area contributed by atoms with Crippen molar-refractivity contribution in [3.63, 3.8) is 0 Å². The molecule has 0 N–H and O–H groups in total. The lowest BCUT2D eigenvalue weighted by Gasteiger charge is -2.31. The van der Waals surface area contributed by atoms with Crippen molar-refractivity contribution in [1.82, 2.24) is 14.1 Å². The minimum Gasteiger partial charge on any atom is -0.237 e. The van der Waals surface area contributed by atoms with Gasteiger partial charge in [-0.15, -0.1) is 0 Å². The van der Waals surface area contributed by atoms with E-state index in [1.807, 2.05) is 35.1 Å². The van der Waals surface area contributed by atoms with Crippen LogP contribution in [0.5, 0.6) is 0 Å². The van der Waals surface area contributed by atoms with Crippen LogP contribution in [-0.4, -0.2) is 35.6 Å². The maximum atomic E-state index is 13.9. The highest BCUT2D eigenvalue weighted by Gasteiger charge is 2.40. The Balaban J connectivity index is 1.22. The molecule has 0 unspecified atom stereocenters. The fourth-order valence-corrected chi connectivity index (χ4v) is 8.30. The molecule has 0 amide bonds. The van der Waals surface area contributed by atoms with Gasteiger partial charge in [0.15, 0.2) is 0 Å². The van der Waals surface area contributed by atoms with Gasteiger partial charge in [-0.05, 0) is 92.3 Å². The molecule has 2 aromatic carbocycles. The molecule has 3 aliphatic rings. The van der Waals surface area contributed by atoms with Crippen LogP contribution < -0.4 is 0 Å². The lowest BCUT2D eigenvalue weighted by molar-refractivity contribution is 0.347. The highest BCUT2D eigenvalue weighted by Crippen LogP contribution is 2.48. The van der Waals surface area contributed by atoms with E-state index in [1.54, 1.807) is 16.4 Å². The summed E-state index contributed by atoms with van der Waals surface area (Å²) in [6.45, 7) is 5.59. The predicted octanol–water partition coefficient (Wildman–Crippen LogP) is 7.21. The van der Waals surface area contributed by atoms with Crippen LogP contribution >= 0.6 is 0 Å². The summed E-state index contributed by atoms with van der Waals surface area (Å²) in [5.41, 5.74) is 7.28. The maximum absolute atomic E-state index is 13.9. The number of benzene rings is 2. The van der Waals surface area contributed by atoms with Gasteiger partial charge in [-0.1, -0.05) is 50.0 Å². The number of unbranched alkanes of at least 4 members (excludes halogenated alkanes) is 2. The normalized spacial score (nSPS) is 20.7. The summed E-state index contributed by atoms with van der Waals surface area (Å²) in [7, 11) is -3.57. The van der Waals surface area contributed by atoms with Crippen LogP contribution in [0.2, 0.25) is 0 Å². The van der Waals surface area contributed by atoms with E-state index in [0.29, 0.717) is 23.9 Å². The van der Waals surface area contributed by atoms with E-state index in [0.717, 1.165) is 50.6 Å². The number of fused-ring (bicyclic) bond motifs is 1. The Hall–Kier alpha value is -2.77. The minimum atomic E-state index is -3.57. The zero-order valence-electron chi connectivity index (χ0n) is 23.7. The minimum absolute atomic E-state index is 0.188. The molecule has 0 bridgehead atoms. The third kappa shape index (κ3) is 5.42. The van der Waals surface area contributed by atoms with Gasteiger partial charge in [0, 0.05) is 31.0 Å². The molecular weight excluding hydrogens is 521 g/mol. The van der Waals surface area contributed by atoms with Crippen molar-refractivity contribution in [3.05, 3.63) is 88.5 Å². The summed E-state index contributed by atoms with van der Waals surface area (Å²) in [4.78, 5) is 0.416. The van der Waals surface area contributed by atoms with Crippen LogP contribution in [0.4, 0.5) is 4.39 Å². The van der Waals surface area contributed by atoms with Gasteiger partial charge in [-0.3, -0.25) is 0 Å². The summed E-state index contributed by atoms with van der Waals surface area (Å²) in [5, 5.41) is 4.68. The number of rotatable bonds is 11. The molecule has 0 aliphatic heterocycles. The van der Waals surface area contributed by atoms with Crippen LogP contribution in [0.1, 0.15) is 81.5 Å². The van der Waals surface area contributed by atoms with E-state index in [1.165, 1.54) is 52.9 Å². The Labute approximate surface area is 238 Å². The number of allylic oxidation sites excluding steroid dienone is 1. The van der Waals surface area contributed by atoms with Crippen molar-refractivity contribution < 1.29 is 12.8 Å². The van der Waals surface area contributed by atoms with Crippen LogP contribution in [0.3, 0.4) is 0 Å². The van der Waals surface area contributed by atoms with Gasteiger partial charge in [0.05, 0.1) is 22.5 Å². The van der Waals surface area contributed by atoms with Crippen molar-refractivity contribution in [2.75, 3.05) is 13.1 Å². The first kappa shape index (κ1) is 27.4. The first-order valence-electron chi connectivity index (χ1n) is 15.0. The second-order valence-corrected chi connectivity index (χ2v) is 13.9. The van der Waals surface area contributed by atoms with E-state index >= 15 is 0 Å². The summed E-state index contributed by atoms with van der Waals surface area (Å²) in [6, 6.07) is 14.1. The maximum Gasteiger partial charge on any atom is 0.243 e. The lowest BCUT2D eigenvalue weighted by Crippen LogP contribution is -2.37. The topological polar surface area (TPSA) is 55.2 Å². The van der Waals surface area contributed by atoms with Gasteiger partial charge < -0.3 is 0 Å². The van der Waals surface area contributed by atoms with Crippen molar-refractivity contribution in [2.45, 2.75) is 82.4 Å². The lowest BCUT2D eigenvalue weighted by atomic mass is 9.80. The number of hydrogen-bond donors (Lipinski definition) is 0. The standard InChI is InChI=1S/C33H40FN3O2S/c1-3-4-5-6-24-9-17-30(18-10-24)40(38,39)36(21-25-7-8-25)22-27-12-11-26-19-32-31(23(2)33(26)27)20-35-37(32)29-15-13-28(34)14-16-29/h9-10,13-18,20,23,25,27H,3-8,11-12,19,21-22H2,1-2H3/t23-,27+/m0/s1. The molecule has 7 heteroatoms. The molecule has 0 radical (unpaired) electrons. The van der Waals surface area contributed by atoms with Gasteiger partial charge in [-0.25, -0.2) is 17.5 Å². The van der Waals surface area contributed by atoms with Crippen LogP contribution in [0.25, 0.3) is 5.69 Å². The van der Waals surface area contributed by atoms with Crippen LogP contribution in [0, 0.1) is 17.7 Å². The van der Waals surface area contributed by atoms with Gasteiger partial charge >= 0.3 is 0 Å². The molecule has 2 atom stereocenters. The Morgan fingerprint density at radius 1 is 1.00 bits per heavy atom. The molecule has 1 saturated carbocycles. The van der Waals surface area contributed by atoms with Gasteiger partial charge in [0.1, 0.15) is 5.82 Å². The van der Waals surface area contributed by atoms with Crippen molar-refractivity contribution in [1.29, 1.82) is 0 Å². The summed E-state index contributed by atoms with van der Waals surface area (Å²) in [6.07, 6.45) is 11.5. The fourth-order valence-electron chi connectivity index (χ4n) is 6.74. The molecule has 0 saturated heterocycles. The summed E-state index contributed by atoms with van der Waals surface area (Å²) < 4.78 is 45.2. The van der Waals surface area contributed by atoms with Crippen LogP contribution in [-0.2, 0) is 22.9 Å². The third-order valence-electron chi connectivity index (χ3n) is 9.14. The molecule has 1 fully saturated rings. The summed E-state index contributed by atoms with van der Waals surface area (Å²) >= 11 is 0. The van der Waals surface area contributed by atoms with Crippen molar-refractivity contribution in [3.8, 4) is 5.69 Å². The SMILES string of the molecule is CCCCCc1ccc(S(=O)(=O)N(CC2CC2)C[C@H]2CCC3=C2[C@@H](C)c2cnn(-c4ccc(F)cc4)c2C3)cc1. The van der Waals surface area contributed by atoms with E-state index in [-0.39, 0.29) is 17.7 Å². The zero-order valence-corrected chi connectivity index (χ0v) is 24.5. The van der Waals surface area contributed by atoms with Gasteiger partial charge in [-0.2, -0.15) is 9.40 Å². The molecule has 0 spiro atoms. The fraction of sp³-hybridized carbons (Fsp3) is 0.485. The van der Waals surface area contributed by atoms with E-state index < -0.39 is 10.0 Å². The molecule has 212 valence electrons. The molecule has 40 heavy (non-hydrogen) atoms. The monoisotopic (exact) mass is 561 g/mol. The number of aryl methyl sites for hydroxylation is 1. The predicted molar refractivity (Wildman–Crippen MR) is 157 cm³/mol. The molecule has 3 aliphatic carbocycles. The molecule has 6 rings (SSSR count). The first-order chi connectivity index (χ1) is 19.3. The highest BCUT2D eigenvalue weighted by atomic mass is 32.2. The second-order valence-electron chi connectivity index (χ2n) is 12.0. The average Bonchev–Trinajstić information content (AvgIpc) is 3.52. The number of sulfonamides is 1. The Kier molecular flexibility index (Phi) is 7.71. The molecular formula is C33H40FN3O2S. The van der Waals surface area contributed by atoms with E-state index in [2.05, 4.69) is 18.9 Å². The summed E-state index contributed by atoms with van der Waals surface area (Å²) in [5.74, 6) is 0.625. The van der Waals surface area contributed by atoms with Crippen molar-refractivity contribution in [2.24, 2.45) is 11.8 Å². The highest BCUT2D eigenvalue weighted by molar-refractivity contribution is 7.89. The first-order valence-corrected chi connectivity index (χ1v) is 16.4. The Morgan fingerprint density at radius 2 is 1.75 bits per heavy atom. The number of hydrogen-bond acceptors (Lipinski definition) is 3. The smallest absolute Gasteiger partial charge is 0.237 e. The number of aromatic nitrogens is 2. The van der Waals surface area contributed by atoms with E-state index in [4.69, 9.17) is 0 Å². The molecule has 1 heterocycles. The quantitative estimate of drug-likeness (QED) is 0.184. The molecule has 5 nitrogen and oxygen atoms in total. The van der Waals surface area contributed by atoms with Gasteiger partial charge in [0.2, 0.25) is 10.0 Å². The second kappa shape index (κ2) is 11.2. The largest absolute Gasteiger partial charge is 0.243 e. The molecule has 3 aromatic rings. The number of nitrogens with zero attached hydrogens (tertiary/aromatic N) is 3. The zero-order chi connectivity index (χ0) is 27.9. The average molecular weight is 562 g/mol. The van der Waals surface area contributed by atoms with Crippen molar-refractivity contribution >= 4 is 10.0 Å². The van der Waals surface area contributed by atoms with Gasteiger partial charge in [0.25, 0.3) is 0 Å². The third-order valence-corrected chi connectivity index (χ3v) is 11.0.